The number of rotatable bonds is 5. The Morgan fingerprint density at radius 2 is 2.00 bits per heavy atom. The maximum absolute atomic E-state index is 6.40. The number of piperidine rings is 1. The number of aromatic nitrogens is 1. The molecule has 4 nitrogen and oxygen atoms in total. The van der Waals surface area contributed by atoms with Gasteiger partial charge in [-0.25, -0.2) is 0 Å². The van der Waals surface area contributed by atoms with Gasteiger partial charge in [0.2, 0.25) is 0 Å². The average Bonchev–Trinajstić information content (AvgIpc) is 3.03. The molecule has 132 valence electrons. The summed E-state index contributed by atoms with van der Waals surface area (Å²) in [7, 11) is 0. The Labute approximate surface area is 156 Å². The predicted octanol–water partition coefficient (Wildman–Crippen LogP) is 4.79. The minimum absolute atomic E-state index is 0.322. The molecule has 25 heavy (non-hydrogen) atoms. The van der Waals surface area contributed by atoms with E-state index in [-0.39, 0.29) is 0 Å². The van der Waals surface area contributed by atoms with E-state index in [2.05, 4.69) is 10.5 Å². The normalized spacial score (nSPS) is 28.0. The first-order chi connectivity index (χ1) is 12.2. The van der Waals surface area contributed by atoms with E-state index >= 15 is 0 Å². The van der Waals surface area contributed by atoms with Crippen LogP contribution in [0, 0.1) is 5.92 Å². The van der Waals surface area contributed by atoms with Gasteiger partial charge in [0.05, 0.1) is 22.8 Å². The third-order valence-corrected chi connectivity index (χ3v) is 6.34. The number of ether oxygens (including phenoxy) is 1. The first-order valence-corrected chi connectivity index (χ1v) is 9.74. The van der Waals surface area contributed by atoms with Crippen LogP contribution in [0.5, 0.6) is 0 Å². The van der Waals surface area contributed by atoms with Crippen molar-refractivity contribution in [1.82, 2.24) is 10.5 Å². The third-order valence-electron chi connectivity index (χ3n) is 5.71. The quantitative estimate of drug-likeness (QED) is 0.811. The minimum Gasteiger partial charge on any atom is -0.373 e. The lowest BCUT2D eigenvalue weighted by Crippen LogP contribution is -2.34. The lowest BCUT2D eigenvalue weighted by atomic mass is 10.0. The number of halogens is 2. The van der Waals surface area contributed by atoms with Crippen LogP contribution < -0.4 is 5.32 Å². The van der Waals surface area contributed by atoms with Gasteiger partial charge in [-0.15, -0.1) is 0 Å². The predicted molar refractivity (Wildman–Crippen MR) is 97.0 cm³/mol. The molecule has 2 aliphatic carbocycles. The van der Waals surface area contributed by atoms with Crippen LogP contribution in [0.2, 0.25) is 10.0 Å². The van der Waals surface area contributed by atoms with Crippen LogP contribution in [-0.2, 0) is 11.3 Å². The molecule has 5 rings (SSSR count). The Morgan fingerprint density at radius 1 is 1.20 bits per heavy atom. The third kappa shape index (κ3) is 2.89. The van der Waals surface area contributed by atoms with Crippen molar-refractivity contribution in [1.29, 1.82) is 0 Å². The zero-order chi connectivity index (χ0) is 17.0. The Hall–Kier alpha value is -1.07. The molecule has 1 aliphatic heterocycles. The second-order valence-corrected chi connectivity index (χ2v) is 8.25. The highest BCUT2D eigenvalue weighted by Gasteiger charge is 2.41. The molecule has 2 heterocycles. The van der Waals surface area contributed by atoms with Gasteiger partial charge in [-0.05, 0) is 43.7 Å². The Bertz CT molecular complexity index is 782. The molecule has 2 bridgehead atoms. The molecule has 2 aromatic rings. The fourth-order valence-corrected chi connectivity index (χ4v) is 4.80. The van der Waals surface area contributed by atoms with Crippen LogP contribution in [0.25, 0.3) is 11.3 Å². The Morgan fingerprint density at radius 3 is 2.64 bits per heavy atom. The number of hydrogen-bond donors (Lipinski definition) is 1. The average molecular weight is 379 g/mol. The van der Waals surface area contributed by atoms with E-state index in [0.29, 0.717) is 40.6 Å². The van der Waals surface area contributed by atoms with Gasteiger partial charge in [-0.1, -0.05) is 34.4 Å². The maximum Gasteiger partial charge on any atom is 0.145 e. The molecule has 0 unspecified atom stereocenters. The molecule has 1 aromatic heterocycles. The summed E-state index contributed by atoms with van der Waals surface area (Å²) in [4.78, 5) is 0. The summed E-state index contributed by atoms with van der Waals surface area (Å²) < 4.78 is 12.0. The Balaban J connectivity index is 1.46. The number of benzene rings is 1. The van der Waals surface area contributed by atoms with Crippen LogP contribution in [0.15, 0.2) is 22.7 Å². The van der Waals surface area contributed by atoms with Crippen LogP contribution in [-0.4, -0.2) is 23.8 Å². The van der Waals surface area contributed by atoms with Gasteiger partial charge in [-0.3, -0.25) is 0 Å². The first kappa shape index (κ1) is 16.1. The number of nitrogens with zero attached hydrogens (tertiary/aromatic N) is 1. The smallest absolute Gasteiger partial charge is 0.145 e. The van der Waals surface area contributed by atoms with Gasteiger partial charge in [0.1, 0.15) is 11.5 Å². The van der Waals surface area contributed by atoms with Crippen LogP contribution in [0.3, 0.4) is 0 Å². The summed E-state index contributed by atoms with van der Waals surface area (Å²) in [5, 5.41) is 9.03. The molecule has 6 heteroatoms. The number of nitrogens with one attached hydrogen (secondary N) is 1. The zero-order valence-corrected chi connectivity index (χ0v) is 15.3. The van der Waals surface area contributed by atoms with Crippen LogP contribution in [0.1, 0.15) is 42.9 Å². The largest absolute Gasteiger partial charge is 0.373 e. The molecule has 3 atom stereocenters. The summed E-state index contributed by atoms with van der Waals surface area (Å²) in [6.07, 6.45) is 4.94. The molecule has 1 saturated heterocycles. The van der Waals surface area contributed by atoms with Crippen molar-refractivity contribution in [3.8, 4) is 11.3 Å². The van der Waals surface area contributed by atoms with Gasteiger partial charge in [0.15, 0.2) is 0 Å². The lowest BCUT2D eigenvalue weighted by Gasteiger charge is -2.23. The summed E-state index contributed by atoms with van der Waals surface area (Å²) in [5.41, 5.74) is 2.50. The van der Waals surface area contributed by atoms with Crippen molar-refractivity contribution in [2.75, 3.05) is 6.54 Å². The van der Waals surface area contributed by atoms with Crippen molar-refractivity contribution in [3.63, 3.8) is 0 Å². The maximum atomic E-state index is 6.40. The van der Waals surface area contributed by atoms with Crippen LogP contribution >= 0.6 is 23.2 Å². The van der Waals surface area contributed by atoms with Gasteiger partial charge in [-0.2, -0.15) is 0 Å². The minimum atomic E-state index is 0.322. The molecule has 0 radical (unpaired) electrons. The van der Waals surface area contributed by atoms with Crippen molar-refractivity contribution < 1.29 is 9.26 Å². The highest BCUT2D eigenvalue weighted by molar-refractivity contribution is 6.39. The van der Waals surface area contributed by atoms with E-state index in [0.717, 1.165) is 48.4 Å². The lowest BCUT2D eigenvalue weighted by molar-refractivity contribution is 0.00914. The van der Waals surface area contributed by atoms with E-state index in [1.165, 1.54) is 6.42 Å². The molecule has 3 fully saturated rings. The van der Waals surface area contributed by atoms with Crippen molar-refractivity contribution in [3.05, 3.63) is 39.6 Å². The van der Waals surface area contributed by atoms with Crippen molar-refractivity contribution in [2.24, 2.45) is 5.92 Å². The van der Waals surface area contributed by atoms with Gasteiger partial charge >= 0.3 is 0 Å². The van der Waals surface area contributed by atoms with E-state index in [1.807, 2.05) is 18.2 Å². The number of fused-ring (bicyclic) bond motifs is 2. The summed E-state index contributed by atoms with van der Waals surface area (Å²) in [5.74, 6) is 2.04. The second kappa shape index (κ2) is 6.27. The van der Waals surface area contributed by atoms with Gasteiger partial charge in [0.25, 0.3) is 0 Å². The standard InChI is InChI=1S/C19H20Cl2N2O2/c20-14-2-1-3-15(21)17(14)18-13(19(25-23-18)10-4-5-10)9-24-16-7-12-6-11(16)8-22-12/h1-3,10-12,16,22H,4-9H2/t11-,12-,16+/m0/s1. The molecule has 1 N–H and O–H groups in total. The molecule has 3 aliphatic rings. The second-order valence-electron chi connectivity index (χ2n) is 7.43. The van der Waals surface area contributed by atoms with Crippen molar-refractivity contribution >= 4 is 23.2 Å². The van der Waals surface area contributed by atoms with Gasteiger partial charge < -0.3 is 14.6 Å². The highest BCUT2D eigenvalue weighted by Crippen LogP contribution is 2.46. The number of hydrogen-bond acceptors (Lipinski definition) is 4. The zero-order valence-electron chi connectivity index (χ0n) is 13.8. The van der Waals surface area contributed by atoms with E-state index in [9.17, 15) is 0 Å². The first-order valence-electron chi connectivity index (χ1n) is 8.98. The molecule has 0 amide bonds. The molecular weight excluding hydrogens is 359 g/mol. The molecule has 2 saturated carbocycles. The summed E-state index contributed by atoms with van der Waals surface area (Å²) in [6.45, 7) is 1.58. The Kier molecular flexibility index (Phi) is 4.05. The molecule has 0 spiro atoms. The van der Waals surface area contributed by atoms with Gasteiger partial charge in [0, 0.05) is 29.6 Å². The highest BCUT2D eigenvalue weighted by atomic mass is 35.5. The summed E-state index contributed by atoms with van der Waals surface area (Å²) in [6, 6.07) is 6.13. The van der Waals surface area contributed by atoms with E-state index in [1.54, 1.807) is 0 Å². The van der Waals surface area contributed by atoms with E-state index < -0.39 is 0 Å². The SMILES string of the molecule is Clc1cccc(Cl)c1-c1noc(C2CC2)c1CO[C@@H]1C[C@@H]2C[C@H]1CN2. The van der Waals surface area contributed by atoms with Crippen molar-refractivity contribution in [2.45, 2.75) is 50.4 Å². The monoisotopic (exact) mass is 378 g/mol. The van der Waals surface area contributed by atoms with E-state index in [4.69, 9.17) is 32.5 Å². The topological polar surface area (TPSA) is 47.3 Å². The molecular formula is C19H20Cl2N2O2. The summed E-state index contributed by atoms with van der Waals surface area (Å²) >= 11 is 12.8. The fourth-order valence-electron chi connectivity index (χ4n) is 4.23. The van der Waals surface area contributed by atoms with Crippen LogP contribution in [0.4, 0.5) is 0 Å². The fraction of sp³-hybridized carbons (Fsp3) is 0.526. The molecule has 1 aromatic carbocycles.